The van der Waals surface area contributed by atoms with E-state index in [2.05, 4.69) is 10.6 Å². The van der Waals surface area contributed by atoms with Gasteiger partial charge in [0.1, 0.15) is 5.82 Å². The third kappa shape index (κ3) is 3.51. The molecule has 2 aliphatic rings. The Morgan fingerprint density at radius 2 is 2.09 bits per heavy atom. The molecule has 7 heteroatoms. The van der Waals surface area contributed by atoms with Gasteiger partial charge >= 0.3 is 0 Å². The molecule has 124 valence electrons. The Hall–Kier alpha value is -1.99. The third-order valence-electron chi connectivity index (χ3n) is 4.42. The topological polar surface area (TPSA) is 93.5 Å². The molecule has 2 heterocycles. The normalized spacial score (nSPS) is 19.7. The number of nitrogens with two attached hydrogens (primary N) is 1. The van der Waals surface area contributed by atoms with Crippen molar-refractivity contribution in [3.63, 3.8) is 0 Å². The average molecular weight is 321 g/mol. The lowest BCUT2D eigenvalue weighted by Gasteiger charge is -2.27. The van der Waals surface area contributed by atoms with E-state index in [0.717, 1.165) is 18.4 Å². The van der Waals surface area contributed by atoms with Gasteiger partial charge in [-0.05, 0) is 42.9 Å². The van der Waals surface area contributed by atoms with Gasteiger partial charge in [-0.1, -0.05) is 0 Å². The van der Waals surface area contributed by atoms with Crippen molar-refractivity contribution in [3.8, 4) is 0 Å². The summed E-state index contributed by atoms with van der Waals surface area (Å²) in [6.07, 6.45) is 2.27. The molecule has 4 N–H and O–H groups in total. The molecule has 1 aromatic rings. The molecule has 1 saturated heterocycles. The van der Waals surface area contributed by atoms with Crippen LogP contribution in [0.3, 0.4) is 0 Å². The van der Waals surface area contributed by atoms with Crippen LogP contribution in [0.2, 0.25) is 0 Å². The molecule has 0 saturated carbocycles. The quantitative estimate of drug-likeness (QED) is 0.784. The van der Waals surface area contributed by atoms with Crippen LogP contribution in [0.15, 0.2) is 12.1 Å². The first kappa shape index (κ1) is 15.9. The molecular formula is C16H20FN3O3. The number of halogens is 1. The van der Waals surface area contributed by atoms with Gasteiger partial charge in [0.05, 0.1) is 11.7 Å². The smallest absolute Gasteiger partial charge is 0.241 e. The van der Waals surface area contributed by atoms with E-state index in [1.54, 1.807) is 0 Å². The van der Waals surface area contributed by atoms with Gasteiger partial charge in [0.2, 0.25) is 11.8 Å². The number of fused-ring (bicyclic) bond motifs is 1. The summed E-state index contributed by atoms with van der Waals surface area (Å²) in [6, 6.07) is 2.10. The highest BCUT2D eigenvalue weighted by molar-refractivity contribution is 5.98. The number of anilines is 2. The second-order valence-corrected chi connectivity index (χ2v) is 6.00. The Labute approximate surface area is 133 Å². The van der Waals surface area contributed by atoms with E-state index in [4.69, 9.17) is 10.5 Å². The van der Waals surface area contributed by atoms with Crippen molar-refractivity contribution in [2.75, 3.05) is 23.8 Å². The molecular weight excluding hydrogens is 301 g/mol. The van der Waals surface area contributed by atoms with Crippen LogP contribution in [-0.2, 0) is 20.7 Å². The molecule has 0 radical (unpaired) electrons. The minimum Gasteiger partial charge on any atom is -0.381 e. The van der Waals surface area contributed by atoms with Crippen LogP contribution < -0.4 is 16.4 Å². The van der Waals surface area contributed by atoms with Crippen molar-refractivity contribution in [2.24, 2.45) is 11.7 Å². The lowest BCUT2D eigenvalue weighted by Crippen LogP contribution is -2.44. The van der Waals surface area contributed by atoms with Gasteiger partial charge in [0.15, 0.2) is 0 Å². The molecule has 1 fully saturated rings. The first-order valence-electron chi connectivity index (χ1n) is 7.81. The molecule has 1 unspecified atom stereocenters. The van der Waals surface area contributed by atoms with Crippen molar-refractivity contribution >= 4 is 23.2 Å². The van der Waals surface area contributed by atoms with E-state index in [-0.39, 0.29) is 17.5 Å². The summed E-state index contributed by atoms with van der Waals surface area (Å²) in [4.78, 5) is 23.7. The molecule has 6 nitrogen and oxygen atoms in total. The maximum atomic E-state index is 14.2. The van der Waals surface area contributed by atoms with E-state index in [1.165, 1.54) is 12.1 Å². The molecule has 2 aliphatic heterocycles. The van der Waals surface area contributed by atoms with E-state index >= 15 is 0 Å². The Kier molecular flexibility index (Phi) is 4.58. The van der Waals surface area contributed by atoms with Crippen molar-refractivity contribution in [1.29, 1.82) is 0 Å². The SMILES string of the molecule is NC(C(=O)Nc1cc2c(cc1F)CCC(=O)N2)C1CCOCC1. The molecule has 0 spiro atoms. The van der Waals surface area contributed by atoms with Crippen molar-refractivity contribution in [2.45, 2.75) is 31.7 Å². The van der Waals surface area contributed by atoms with Crippen molar-refractivity contribution < 1.29 is 18.7 Å². The zero-order valence-electron chi connectivity index (χ0n) is 12.7. The fraction of sp³-hybridized carbons (Fsp3) is 0.500. The minimum absolute atomic E-state index is 0.0316. The predicted octanol–water partition coefficient (Wildman–Crippen LogP) is 1.40. The molecule has 0 aliphatic carbocycles. The summed E-state index contributed by atoms with van der Waals surface area (Å²) in [5, 5.41) is 5.23. The van der Waals surface area contributed by atoms with Crippen LogP contribution in [0.4, 0.5) is 15.8 Å². The molecule has 2 amide bonds. The number of ether oxygens (including phenoxy) is 1. The maximum Gasteiger partial charge on any atom is 0.241 e. The first-order chi connectivity index (χ1) is 11.0. The van der Waals surface area contributed by atoms with Crippen LogP contribution in [0.25, 0.3) is 0 Å². The highest BCUT2D eigenvalue weighted by Crippen LogP contribution is 2.29. The second kappa shape index (κ2) is 6.64. The highest BCUT2D eigenvalue weighted by atomic mass is 19.1. The number of hydrogen-bond donors (Lipinski definition) is 3. The number of nitrogens with one attached hydrogen (secondary N) is 2. The van der Waals surface area contributed by atoms with E-state index in [1.807, 2.05) is 0 Å². The second-order valence-electron chi connectivity index (χ2n) is 6.00. The average Bonchev–Trinajstić information content (AvgIpc) is 2.56. The number of amides is 2. The largest absolute Gasteiger partial charge is 0.381 e. The number of hydrogen-bond acceptors (Lipinski definition) is 4. The van der Waals surface area contributed by atoms with Crippen LogP contribution in [0.1, 0.15) is 24.8 Å². The summed E-state index contributed by atoms with van der Waals surface area (Å²) >= 11 is 0. The Balaban J connectivity index is 1.73. The van der Waals surface area contributed by atoms with Crippen LogP contribution in [-0.4, -0.2) is 31.1 Å². The lowest BCUT2D eigenvalue weighted by molar-refractivity contribution is -0.119. The number of benzene rings is 1. The van der Waals surface area contributed by atoms with Gasteiger partial charge in [-0.3, -0.25) is 9.59 Å². The summed E-state index contributed by atoms with van der Waals surface area (Å²) in [5.74, 6) is -1.02. The predicted molar refractivity (Wildman–Crippen MR) is 83.5 cm³/mol. The molecule has 1 aromatic carbocycles. The van der Waals surface area contributed by atoms with Crippen LogP contribution >= 0.6 is 0 Å². The van der Waals surface area contributed by atoms with E-state index in [0.29, 0.717) is 31.7 Å². The van der Waals surface area contributed by atoms with Gasteiger partial charge in [-0.25, -0.2) is 4.39 Å². The van der Waals surface area contributed by atoms with Crippen molar-refractivity contribution in [3.05, 3.63) is 23.5 Å². The standard InChI is InChI=1S/C16H20FN3O3/c17-11-7-10-1-2-14(21)19-12(10)8-13(11)20-16(22)15(18)9-3-5-23-6-4-9/h7-9,15H,1-6,18H2,(H,19,21)(H,20,22). The monoisotopic (exact) mass is 321 g/mol. The van der Waals surface area contributed by atoms with Gasteiger partial charge < -0.3 is 21.1 Å². The Bertz CT molecular complexity index is 629. The molecule has 0 aromatic heterocycles. The zero-order chi connectivity index (χ0) is 16.4. The maximum absolute atomic E-state index is 14.2. The first-order valence-corrected chi connectivity index (χ1v) is 7.81. The molecule has 23 heavy (non-hydrogen) atoms. The van der Waals surface area contributed by atoms with Gasteiger partial charge in [0.25, 0.3) is 0 Å². The Morgan fingerprint density at radius 3 is 2.83 bits per heavy atom. The summed E-state index contributed by atoms with van der Waals surface area (Å²) < 4.78 is 19.4. The van der Waals surface area contributed by atoms with Gasteiger partial charge in [0, 0.05) is 25.3 Å². The fourth-order valence-electron chi connectivity index (χ4n) is 3.00. The highest BCUT2D eigenvalue weighted by Gasteiger charge is 2.27. The lowest BCUT2D eigenvalue weighted by atomic mass is 9.92. The minimum atomic E-state index is -0.705. The molecule has 0 bridgehead atoms. The summed E-state index contributed by atoms with van der Waals surface area (Å²) in [7, 11) is 0. The van der Waals surface area contributed by atoms with Gasteiger partial charge in [-0.15, -0.1) is 0 Å². The van der Waals surface area contributed by atoms with E-state index in [9.17, 15) is 14.0 Å². The van der Waals surface area contributed by atoms with Gasteiger partial charge in [-0.2, -0.15) is 0 Å². The van der Waals surface area contributed by atoms with Crippen LogP contribution in [0, 0.1) is 11.7 Å². The fourth-order valence-corrected chi connectivity index (χ4v) is 3.00. The number of aryl methyl sites for hydroxylation is 1. The zero-order valence-corrected chi connectivity index (χ0v) is 12.7. The Morgan fingerprint density at radius 1 is 1.35 bits per heavy atom. The van der Waals surface area contributed by atoms with E-state index < -0.39 is 17.8 Å². The number of carbonyl (C=O) groups is 2. The molecule has 1 atom stereocenters. The molecule has 3 rings (SSSR count). The summed E-state index contributed by atoms with van der Waals surface area (Å²) in [6.45, 7) is 1.18. The number of rotatable bonds is 3. The summed E-state index contributed by atoms with van der Waals surface area (Å²) in [5.41, 5.74) is 7.30. The third-order valence-corrected chi connectivity index (χ3v) is 4.42. The van der Waals surface area contributed by atoms with Crippen LogP contribution in [0.5, 0.6) is 0 Å². The number of carbonyl (C=O) groups excluding carboxylic acids is 2. The van der Waals surface area contributed by atoms with Crippen molar-refractivity contribution in [1.82, 2.24) is 0 Å².